The van der Waals surface area contributed by atoms with Crippen LogP contribution < -0.4 is 26.0 Å². The van der Waals surface area contributed by atoms with Gasteiger partial charge in [-0.15, -0.1) is 10.2 Å². The molecule has 6 amide bonds. The lowest BCUT2D eigenvalue weighted by Gasteiger charge is -2.33. The van der Waals surface area contributed by atoms with Crippen LogP contribution >= 0.6 is 0 Å². The van der Waals surface area contributed by atoms with Crippen molar-refractivity contribution in [3.63, 3.8) is 0 Å². The van der Waals surface area contributed by atoms with Gasteiger partial charge in [-0.25, -0.2) is 4.79 Å². The highest BCUT2D eigenvalue weighted by Crippen LogP contribution is 2.39. The molecule has 1 unspecified atom stereocenters. The maximum absolute atomic E-state index is 15.1. The molecule has 4 saturated heterocycles. The number of amides is 6. The number of likely N-dealkylation sites (tertiary alicyclic amines) is 2. The number of piperidine rings is 1. The maximum Gasteiger partial charge on any atom is 0.435 e. The molecule has 1 aromatic heterocycles. The normalized spacial score (nSPS) is 20.1. The van der Waals surface area contributed by atoms with Crippen LogP contribution in [0.5, 0.6) is 17.2 Å². The number of aromatic hydroxyl groups is 2. The van der Waals surface area contributed by atoms with Crippen molar-refractivity contribution in [2.45, 2.75) is 141 Å². The number of phenolic OH excluding ortho intramolecular Hbond substituents is 2. The number of nitrogens with one attached hydrogen (secondary N) is 4. The van der Waals surface area contributed by atoms with Gasteiger partial charge >= 0.3 is 6.09 Å². The number of oxime groups is 1. The zero-order chi connectivity index (χ0) is 62.6. The fourth-order valence-electron chi connectivity index (χ4n) is 11.6. The number of aryl methyl sites for hydroxylation is 1. The Bertz CT molecular complexity index is 3270. The lowest BCUT2D eigenvalue weighted by atomic mass is 9.92. The van der Waals surface area contributed by atoms with Crippen LogP contribution in [0.2, 0.25) is 0 Å². The molecule has 5 heterocycles. The highest BCUT2D eigenvalue weighted by Gasteiger charge is 2.51. The van der Waals surface area contributed by atoms with Gasteiger partial charge < -0.3 is 55.5 Å². The fraction of sp³-hybridized carbons (Fsp3) is 0.492. The predicted molar refractivity (Wildman–Crippen MR) is 328 cm³/mol. The Balaban J connectivity index is 0.856. The molecule has 4 aliphatic rings. The highest BCUT2D eigenvalue weighted by atomic mass is 16.7. The summed E-state index contributed by atoms with van der Waals surface area (Å²) in [5.41, 5.74) is 2.57. The minimum Gasteiger partial charge on any atom is -0.508 e. The Morgan fingerprint density at radius 2 is 1.50 bits per heavy atom. The van der Waals surface area contributed by atoms with E-state index in [2.05, 4.69) is 36.6 Å². The van der Waals surface area contributed by atoms with Crippen molar-refractivity contribution >= 4 is 41.3 Å². The summed E-state index contributed by atoms with van der Waals surface area (Å²) < 4.78 is 19.3. The van der Waals surface area contributed by atoms with Crippen molar-refractivity contribution in [3.8, 4) is 34.3 Å². The Morgan fingerprint density at radius 3 is 2.14 bits per heavy atom. The minimum atomic E-state index is -1.03. The molecule has 0 radical (unpaired) electrons. The van der Waals surface area contributed by atoms with E-state index in [1.807, 2.05) is 107 Å². The van der Waals surface area contributed by atoms with Crippen LogP contribution in [0.15, 0.2) is 102 Å². The average Bonchev–Trinajstić information content (AvgIpc) is 3.44. The molecule has 0 saturated carbocycles. The molecule has 9 rings (SSSR count). The summed E-state index contributed by atoms with van der Waals surface area (Å²) in [5, 5.41) is 46.4. The molecule has 470 valence electrons. The molecule has 23 heteroatoms. The van der Waals surface area contributed by atoms with Crippen molar-refractivity contribution in [1.82, 2.24) is 50.7 Å². The average molecular weight is 1210 g/mol. The molecule has 0 spiro atoms. The van der Waals surface area contributed by atoms with Gasteiger partial charge in [0.2, 0.25) is 29.5 Å². The molecule has 0 aliphatic carbocycles. The van der Waals surface area contributed by atoms with Crippen molar-refractivity contribution in [2.75, 3.05) is 59.1 Å². The van der Waals surface area contributed by atoms with E-state index >= 15 is 4.79 Å². The summed E-state index contributed by atoms with van der Waals surface area (Å²) >= 11 is 0. The Kier molecular flexibility index (Phi) is 21.2. The highest BCUT2D eigenvalue weighted by molar-refractivity contribution is 6.02. The van der Waals surface area contributed by atoms with Crippen LogP contribution in [-0.4, -0.2) is 182 Å². The molecule has 6 atom stereocenters. The quantitative estimate of drug-likeness (QED) is 0.0168. The Morgan fingerprint density at radius 1 is 0.830 bits per heavy atom. The number of carbonyl (C=O) groups excluding carboxylic acids is 6. The molecule has 88 heavy (non-hydrogen) atoms. The van der Waals surface area contributed by atoms with Crippen LogP contribution in [0.25, 0.3) is 17.1 Å². The summed E-state index contributed by atoms with van der Waals surface area (Å²) in [6.45, 7) is 16.8. The monoisotopic (exact) mass is 1210 g/mol. The van der Waals surface area contributed by atoms with E-state index in [4.69, 9.17) is 19.0 Å². The summed E-state index contributed by atoms with van der Waals surface area (Å²) in [6.07, 6.45) is 1.57. The second-order valence-electron chi connectivity index (χ2n) is 24.1. The van der Waals surface area contributed by atoms with Crippen molar-refractivity contribution in [1.29, 1.82) is 0 Å². The van der Waals surface area contributed by atoms with E-state index in [0.717, 1.165) is 11.1 Å². The number of hydrogen-bond acceptors (Lipinski definition) is 16. The third-order valence-corrected chi connectivity index (χ3v) is 16.5. The molecular formula is C65H83N11O12. The summed E-state index contributed by atoms with van der Waals surface area (Å²) in [4.78, 5) is 95.5. The van der Waals surface area contributed by atoms with Crippen molar-refractivity contribution in [2.24, 2.45) is 11.1 Å². The third-order valence-electron chi connectivity index (χ3n) is 16.5. The number of carbonyl (C=O) groups is 6. The topological polar surface area (TPSA) is 284 Å². The number of ether oxygens (including phenoxy) is 3. The maximum atomic E-state index is 15.1. The van der Waals surface area contributed by atoms with E-state index in [1.165, 1.54) is 6.07 Å². The molecule has 6 N–H and O–H groups in total. The number of morpholine rings is 1. The van der Waals surface area contributed by atoms with Crippen LogP contribution in [0.3, 0.4) is 0 Å². The molecule has 5 aromatic rings. The second-order valence-corrected chi connectivity index (χ2v) is 24.1. The lowest BCUT2D eigenvalue weighted by Crippen LogP contribution is -2.57. The second kappa shape index (κ2) is 29.1. The van der Waals surface area contributed by atoms with Gasteiger partial charge in [-0.1, -0.05) is 93.5 Å². The number of hydrogen-bond donors (Lipinski definition) is 6. The molecule has 0 bridgehead atoms. The van der Waals surface area contributed by atoms with Gasteiger partial charge in [0.05, 0.1) is 38.0 Å². The zero-order valence-corrected chi connectivity index (χ0v) is 51.3. The third kappa shape index (κ3) is 16.0. The predicted octanol–water partition coefficient (Wildman–Crippen LogP) is 6.04. The number of rotatable bonds is 25. The van der Waals surface area contributed by atoms with Gasteiger partial charge in [0.1, 0.15) is 52.8 Å². The van der Waals surface area contributed by atoms with E-state index in [0.29, 0.717) is 101 Å². The van der Waals surface area contributed by atoms with E-state index in [-0.39, 0.29) is 78.6 Å². The van der Waals surface area contributed by atoms with E-state index in [1.54, 1.807) is 51.6 Å². The molecule has 23 nitrogen and oxygen atoms in total. The largest absolute Gasteiger partial charge is 0.508 e. The Hall–Kier alpha value is -8.41. The standard InChI is InChI=1S/C65H83N11O12/c1-8-66-62(82)59-71-70-58(49-36-48(41(4)5)54(77)37-55(49)78)76(59)45-20-22-46(23-21-45)87-47-25-27-74(28-26-47)64(84)88-72-57(65(7)39-86-65)51(33-40(2)3)68-61(81)53(35-44-17-13-10-14-18-44)75-42(6)34-52(63(75)83)69-60(80)50(24-19-43-15-11-9-12-16-43)67-56(79)38-73-29-31-85-32-30-73/h9-18,20-23,36-37,40-42,47,50-53,77-78H,8,19,24-35,38-39H2,1-7H3,(H,66,82)(H,67,79)(H,68,81)(H,69,80)/b72-57-/t42?,50-,51-,52-,53-,65+/m0/s1. The van der Waals surface area contributed by atoms with Gasteiger partial charge in [-0.2, -0.15) is 0 Å². The van der Waals surface area contributed by atoms with Gasteiger partial charge in [-0.05, 0) is 105 Å². The number of aromatic nitrogens is 3. The summed E-state index contributed by atoms with van der Waals surface area (Å²) in [7, 11) is 0. The summed E-state index contributed by atoms with van der Waals surface area (Å²) in [6, 6.07) is 24.8. The number of phenols is 2. The van der Waals surface area contributed by atoms with Gasteiger partial charge in [-0.3, -0.25) is 38.3 Å². The van der Waals surface area contributed by atoms with Gasteiger partial charge in [0.15, 0.2) is 5.82 Å². The van der Waals surface area contributed by atoms with Crippen molar-refractivity contribution < 1.29 is 58.0 Å². The SMILES string of the molecule is CCNC(=O)c1nnc(-c2cc(C(C)C)c(O)cc2O)n1-c1ccc(OC2CCN(C(=O)O/N=C(/[C@H](CC(C)C)NC(=O)[C@H](Cc3ccccc3)N3C(=O)[C@@H](NC(=O)[C@H](CCc4ccccc4)NC(=O)CN4CCOCC4)CC3C)[C@@]3(C)CO3)CC2)cc1. The van der Waals surface area contributed by atoms with Crippen molar-refractivity contribution in [3.05, 3.63) is 120 Å². The first kappa shape index (κ1) is 64.1. The zero-order valence-electron chi connectivity index (χ0n) is 51.3. The molecule has 4 aliphatic heterocycles. The van der Waals surface area contributed by atoms with Gasteiger partial charge in [0, 0.05) is 69.8 Å². The van der Waals surface area contributed by atoms with Crippen LogP contribution in [-0.2, 0) is 46.3 Å². The summed E-state index contributed by atoms with van der Waals surface area (Å²) in [5.74, 6) is -1.74. The van der Waals surface area contributed by atoms with Crippen LogP contribution in [0.1, 0.15) is 114 Å². The van der Waals surface area contributed by atoms with E-state index < -0.39 is 65.5 Å². The molecule has 4 fully saturated rings. The first-order chi connectivity index (χ1) is 42.3. The minimum absolute atomic E-state index is 0.000381. The number of nitrogens with zero attached hydrogens (tertiary/aromatic N) is 7. The van der Waals surface area contributed by atoms with Crippen LogP contribution in [0, 0.1) is 5.92 Å². The number of benzene rings is 4. The number of epoxide rings is 1. The molecule has 4 aromatic carbocycles. The smallest absolute Gasteiger partial charge is 0.435 e. The first-order valence-electron chi connectivity index (χ1n) is 30.6. The lowest BCUT2D eigenvalue weighted by molar-refractivity contribution is -0.141. The molecular weight excluding hydrogens is 1130 g/mol. The fourth-order valence-corrected chi connectivity index (χ4v) is 11.6. The van der Waals surface area contributed by atoms with E-state index in [9.17, 15) is 34.2 Å². The van der Waals surface area contributed by atoms with Crippen LogP contribution in [0.4, 0.5) is 4.79 Å². The van der Waals surface area contributed by atoms with Gasteiger partial charge in [0.25, 0.3) is 5.91 Å². The first-order valence-corrected chi connectivity index (χ1v) is 30.6. The Labute approximate surface area is 513 Å².